The Bertz CT molecular complexity index is 255. The number of ether oxygens (including phenoxy) is 3. The van der Waals surface area contributed by atoms with Crippen molar-refractivity contribution in [1.29, 1.82) is 0 Å². The lowest BCUT2D eigenvalue weighted by Gasteiger charge is -2.20. The number of hydrogen-bond donors (Lipinski definition) is 1. The molecule has 2 rings (SSSR count). The topological polar surface area (TPSA) is 47.9 Å². The first-order valence-electron chi connectivity index (χ1n) is 4.19. The zero-order valence-electron chi connectivity index (χ0n) is 7.56. The molecular formula is C9H12O4. The molecule has 2 fully saturated rings. The molecule has 0 aliphatic carbocycles. The molecule has 4 nitrogen and oxygen atoms in total. The highest BCUT2D eigenvalue weighted by Gasteiger charge is 2.54. The second-order valence-electron chi connectivity index (χ2n) is 3.68. The molecule has 0 amide bonds. The molecule has 0 bridgehead atoms. The van der Waals surface area contributed by atoms with Crippen LogP contribution >= 0.6 is 0 Å². The molecule has 0 saturated carbocycles. The Morgan fingerprint density at radius 3 is 2.54 bits per heavy atom. The van der Waals surface area contributed by atoms with Crippen molar-refractivity contribution in [3.05, 3.63) is 0 Å². The molecule has 1 N–H and O–H groups in total. The second kappa shape index (κ2) is 2.69. The Morgan fingerprint density at radius 2 is 1.92 bits per heavy atom. The Kier molecular flexibility index (Phi) is 1.86. The number of rotatable bonds is 0. The molecule has 2 aliphatic heterocycles. The van der Waals surface area contributed by atoms with Crippen LogP contribution in [0.3, 0.4) is 0 Å². The van der Waals surface area contributed by atoms with Crippen molar-refractivity contribution in [2.45, 2.75) is 44.2 Å². The number of aliphatic hydroxyl groups is 1. The van der Waals surface area contributed by atoms with Crippen LogP contribution in [0.15, 0.2) is 0 Å². The Hall–Kier alpha value is -0.600. The quantitative estimate of drug-likeness (QED) is 0.532. The van der Waals surface area contributed by atoms with E-state index in [0.717, 1.165) is 0 Å². The predicted molar refractivity (Wildman–Crippen MR) is 43.5 cm³/mol. The molecule has 72 valence electrons. The van der Waals surface area contributed by atoms with Crippen LogP contribution in [0.25, 0.3) is 0 Å². The summed E-state index contributed by atoms with van der Waals surface area (Å²) in [5, 5.41) is 9.41. The van der Waals surface area contributed by atoms with Gasteiger partial charge in [0.15, 0.2) is 12.1 Å². The summed E-state index contributed by atoms with van der Waals surface area (Å²) >= 11 is 0. The zero-order valence-corrected chi connectivity index (χ0v) is 7.56. The summed E-state index contributed by atoms with van der Waals surface area (Å²) in [7, 11) is 0. The normalized spacial score (nSPS) is 47.2. The van der Waals surface area contributed by atoms with Gasteiger partial charge >= 0.3 is 0 Å². The molecule has 1 unspecified atom stereocenters. The molecule has 4 atom stereocenters. The third-order valence-electron chi connectivity index (χ3n) is 2.19. The lowest BCUT2D eigenvalue weighted by Crippen LogP contribution is -2.29. The SMILES string of the molecule is C#C[C@@H]1OC(O)[C@H]2OC(C)(C)O[C@@H]12. The van der Waals surface area contributed by atoms with Gasteiger partial charge in [0.2, 0.25) is 0 Å². The molecule has 13 heavy (non-hydrogen) atoms. The Labute approximate surface area is 76.8 Å². The summed E-state index contributed by atoms with van der Waals surface area (Å²) < 4.78 is 16.0. The number of hydrogen-bond acceptors (Lipinski definition) is 4. The van der Waals surface area contributed by atoms with Gasteiger partial charge in [0.05, 0.1) is 0 Å². The van der Waals surface area contributed by atoms with E-state index < -0.39 is 24.3 Å². The van der Waals surface area contributed by atoms with Crippen LogP contribution in [0.2, 0.25) is 0 Å². The maximum Gasteiger partial charge on any atom is 0.185 e. The highest BCUT2D eigenvalue weighted by atomic mass is 16.8. The van der Waals surface area contributed by atoms with Gasteiger partial charge in [0, 0.05) is 0 Å². The molecule has 0 aromatic heterocycles. The van der Waals surface area contributed by atoms with Crippen LogP contribution < -0.4 is 0 Å². The van der Waals surface area contributed by atoms with Crippen LogP contribution in [-0.4, -0.2) is 35.5 Å². The van der Waals surface area contributed by atoms with Gasteiger partial charge in [0.1, 0.15) is 18.3 Å². The third kappa shape index (κ3) is 1.34. The molecule has 0 radical (unpaired) electrons. The van der Waals surface area contributed by atoms with Crippen molar-refractivity contribution in [2.24, 2.45) is 0 Å². The van der Waals surface area contributed by atoms with Gasteiger partial charge in [-0.2, -0.15) is 0 Å². The molecule has 0 spiro atoms. The van der Waals surface area contributed by atoms with Gasteiger partial charge in [-0.3, -0.25) is 0 Å². The van der Waals surface area contributed by atoms with Gasteiger partial charge in [0.25, 0.3) is 0 Å². The molecule has 2 saturated heterocycles. The van der Waals surface area contributed by atoms with Crippen molar-refractivity contribution in [3.63, 3.8) is 0 Å². The highest BCUT2D eigenvalue weighted by molar-refractivity contribution is 5.08. The highest BCUT2D eigenvalue weighted by Crippen LogP contribution is 2.37. The van der Waals surface area contributed by atoms with Crippen LogP contribution in [0, 0.1) is 12.3 Å². The van der Waals surface area contributed by atoms with Crippen molar-refractivity contribution in [1.82, 2.24) is 0 Å². The van der Waals surface area contributed by atoms with E-state index in [0.29, 0.717) is 0 Å². The molecule has 0 aromatic rings. The minimum atomic E-state index is -0.979. The molecule has 2 aliphatic rings. The van der Waals surface area contributed by atoms with Gasteiger partial charge in [-0.25, -0.2) is 0 Å². The van der Waals surface area contributed by atoms with E-state index in [1.54, 1.807) is 13.8 Å². The minimum absolute atomic E-state index is 0.352. The first-order chi connectivity index (χ1) is 6.03. The molecule has 0 aromatic carbocycles. The lowest BCUT2D eigenvalue weighted by molar-refractivity contribution is -0.213. The summed E-state index contributed by atoms with van der Waals surface area (Å²) in [6.07, 6.45) is 2.91. The van der Waals surface area contributed by atoms with E-state index >= 15 is 0 Å². The average molecular weight is 184 g/mol. The number of aliphatic hydroxyl groups excluding tert-OH is 1. The largest absolute Gasteiger partial charge is 0.366 e. The van der Waals surface area contributed by atoms with Gasteiger partial charge in [-0.05, 0) is 13.8 Å². The monoisotopic (exact) mass is 184 g/mol. The van der Waals surface area contributed by atoms with Crippen LogP contribution in [0.4, 0.5) is 0 Å². The van der Waals surface area contributed by atoms with Crippen molar-refractivity contribution in [2.75, 3.05) is 0 Å². The van der Waals surface area contributed by atoms with E-state index in [1.807, 2.05) is 0 Å². The fourth-order valence-electron chi connectivity index (χ4n) is 1.71. The first-order valence-corrected chi connectivity index (χ1v) is 4.19. The molecule has 2 heterocycles. The smallest absolute Gasteiger partial charge is 0.185 e. The number of terminal acetylenes is 1. The van der Waals surface area contributed by atoms with E-state index in [1.165, 1.54) is 0 Å². The van der Waals surface area contributed by atoms with Gasteiger partial charge in [-0.1, -0.05) is 5.92 Å². The van der Waals surface area contributed by atoms with E-state index in [9.17, 15) is 5.11 Å². The summed E-state index contributed by atoms with van der Waals surface area (Å²) in [6.45, 7) is 3.57. The van der Waals surface area contributed by atoms with E-state index in [4.69, 9.17) is 20.6 Å². The maximum absolute atomic E-state index is 9.41. The van der Waals surface area contributed by atoms with Crippen LogP contribution in [0.5, 0.6) is 0 Å². The van der Waals surface area contributed by atoms with Crippen LogP contribution in [-0.2, 0) is 14.2 Å². The average Bonchev–Trinajstić information content (AvgIpc) is 2.47. The van der Waals surface area contributed by atoms with Crippen molar-refractivity contribution >= 4 is 0 Å². The van der Waals surface area contributed by atoms with Crippen molar-refractivity contribution in [3.8, 4) is 12.3 Å². The van der Waals surface area contributed by atoms with E-state index in [2.05, 4.69) is 5.92 Å². The summed E-state index contributed by atoms with van der Waals surface area (Å²) in [5.41, 5.74) is 0. The van der Waals surface area contributed by atoms with Crippen LogP contribution in [0.1, 0.15) is 13.8 Å². The summed E-state index contributed by atoms with van der Waals surface area (Å²) in [6, 6.07) is 0. The maximum atomic E-state index is 9.41. The van der Waals surface area contributed by atoms with Gasteiger partial charge in [-0.15, -0.1) is 6.42 Å². The Morgan fingerprint density at radius 1 is 1.31 bits per heavy atom. The molecule has 4 heteroatoms. The zero-order chi connectivity index (χ0) is 9.64. The van der Waals surface area contributed by atoms with Gasteiger partial charge < -0.3 is 19.3 Å². The number of fused-ring (bicyclic) bond motifs is 1. The predicted octanol–water partition coefficient (Wildman–Crippen LogP) is -0.143. The standard InChI is InChI=1S/C9H12O4/c1-4-5-6-7(8(10)11-5)13-9(2,3)12-6/h1,5-8,10H,2-3H3/t5-,6-,7-,8?/m0/s1. The fourth-order valence-corrected chi connectivity index (χ4v) is 1.71. The first kappa shape index (κ1) is 8.97. The Balaban J connectivity index is 2.18. The lowest BCUT2D eigenvalue weighted by atomic mass is 10.1. The third-order valence-corrected chi connectivity index (χ3v) is 2.19. The summed E-state index contributed by atoms with van der Waals surface area (Å²) in [5.74, 6) is 1.73. The summed E-state index contributed by atoms with van der Waals surface area (Å²) in [4.78, 5) is 0. The minimum Gasteiger partial charge on any atom is -0.366 e. The fraction of sp³-hybridized carbons (Fsp3) is 0.778. The van der Waals surface area contributed by atoms with Crippen molar-refractivity contribution < 1.29 is 19.3 Å². The van der Waals surface area contributed by atoms with E-state index in [-0.39, 0.29) is 6.10 Å². The molecular weight excluding hydrogens is 172 g/mol. The second-order valence-corrected chi connectivity index (χ2v) is 3.68.